The van der Waals surface area contributed by atoms with Crippen molar-refractivity contribution in [1.29, 1.82) is 0 Å². The molecule has 3 nitrogen and oxygen atoms in total. The van der Waals surface area contributed by atoms with Crippen LogP contribution in [-0.4, -0.2) is 10.2 Å². The van der Waals surface area contributed by atoms with Crippen molar-refractivity contribution in [2.45, 2.75) is 0 Å². The molecule has 0 bridgehead atoms. The van der Waals surface area contributed by atoms with Gasteiger partial charge < -0.3 is 5.73 Å². The van der Waals surface area contributed by atoms with Crippen molar-refractivity contribution in [3.63, 3.8) is 0 Å². The molecule has 102 valence electrons. The summed E-state index contributed by atoms with van der Waals surface area (Å²) in [6.45, 7) is 0. The summed E-state index contributed by atoms with van der Waals surface area (Å²) in [5.41, 5.74) is 8.22. The Morgan fingerprint density at radius 3 is 2.45 bits per heavy atom. The highest BCUT2D eigenvalue weighted by Crippen LogP contribution is 2.45. The van der Waals surface area contributed by atoms with Crippen molar-refractivity contribution >= 4 is 56.3 Å². The number of anilines is 1. The number of aromatic nitrogens is 2. The van der Waals surface area contributed by atoms with Gasteiger partial charge in [0.25, 0.3) is 0 Å². The predicted molar refractivity (Wildman–Crippen MR) is 89.5 cm³/mol. The van der Waals surface area contributed by atoms with Crippen LogP contribution in [0, 0.1) is 0 Å². The van der Waals surface area contributed by atoms with E-state index in [4.69, 9.17) is 28.9 Å². The van der Waals surface area contributed by atoms with Gasteiger partial charge in [0.05, 0.1) is 26.2 Å². The van der Waals surface area contributed by atoms with Gasteiger partial charge in [0.15, 0.2) is 5.82 Å². The molecule has 0 saturated carbocycles. The van der Waals surface area contributed by atoms with E-state index in [2.05, 4.69) is 26.1 Å². The molecule has 0 unspecified atom stereocenters. The zero-order valence-electron chi connectivity index (χ0n) is 9.95. The molecule has 1 aromatic carbocycles. The lowest BCUT2D eigenvalue weighted by atomic mass is 10.0. The van der Waals surface area contributed by atoms with E-state index in [1.165, 1.54) is 0 Å². The van der Waals surface area contributed by atoms with Crippen molar-refractivity contribution in [3.8, 4) is 21.7 Å². The van der Waals surface area contributed by atoms with Crippen LogP contribution in [0.15, 0.2) is 34.1 Å². The monoisotopic (exact) mass is 387 g/mol. The van der Waals surface area contributed by atoms with E-state index in [0.717, 1.165) is 20.6 Å². The van der Waals surface area contributed by atoms with Crippen LogP contribution in [0.1, 0.15) is 0 Å². The normalized spacial score (nSPS) is 10.9. The van der Waals surface area contributed by atoms with Gasteiger partial charge >= 0.3 is 0 Å². The Morgan fingerprint density at radius 2 is 1.85 bits per heavy atom. The topological polar surface area (TPSA) is 54.7 Å². The Morgan fingerprint density at radius 1 is 1.15 bits per heavy atom. The molecule has 0 amide bonds. The van der Waals surface area contributed by atoms with Crippen molar-refractivity contribution in [2.75, 3.05) is 5.73 Å². The van der Waals surface area contributed by atoms with E-state index < -0.39 is 0 Å². The Kier molecular flexibility index (Phi) is 3.77. The van der Waals surface area contributed by atoms with Crippen LogP contribution in [0.2, 0.25) is 10.0 Å². The molecule has 3 rings (SSSR count). The summed E-state index contributed by atoms with van der Waals surface area (Å²) in [5.74, 6) is 0.371. The third-order valence-corrected chi connectivity index (χ3v) is 5.34. The minimum absolute atomic E-state index is 0.371. The maximum absolute atomic E-state index is 6.28. The SMILES string of the molecule is Nc1n[nH]c(-c2sccc2Br)c1-c1c(Cl)cccc1Cl. The number of hydrogen-bond acceptors (Lipinski definition) is 3. The van der Waals surface area contributed by atoms with Crippen LogP contribution < -0.4 is 5.73 Å². The number of nitrogens with one attached hydrogen (secondary N) is 1. The third-order valence-electron chi connectivity index (χ3n) is 2.85. The van der Waals surface area contributed by atoms with Crippen LogP contribution in [0.5, 0.6) is 0 Å². The lowest BCUT2D eigenvalue weighted by molar-refractivity contribution is 1.10. The third kappa shape index (κ3) is 2.24. The number of nitrogens with two attached hydrogens (primary N) is 1. The van der Waals surface area contributed by atoms with Gasteiger partial charge in [0.2, 0.25) is 0 Å². The second kappa shape index (κ2) is 5.41. The molecule has 0 spiro atoms. The van der Waals surface area contributed by atoms with Crippen LogP contribution in [0.4, 0.5) is 5.82 Å². The van der Waals surface area contributed by atoms with Crippen molar-refractivity contribution in [1.82, 2.24) is 10.2 Å². The number of nitrogens with zero attached hydrogens (tertiary/aromatic N) is 1. The zero-order chi connectivity index (χ0) is 14.3. The van der Waals surface area contributed by atoms with Gasteiger partial charge in [0.1, 0.15) is 0 Å². The summed E-state index contributed by atoms with van der Waals surface area (Å²) >= 11 is 17.6. The molecule has 0 atom stereocenters. The lowest BCUT2D eigenvalue weighted by Crippen LogP contribution is -1.90. The van der Waals surface area contributed by atoms with Crippen molar-refractivity contribution in [2.24, 2.45) is 0 Å². The van der Waals surface area contributed by atoms with Crippen LogP contribution in [0.25, 0.3) is 21.7 Å². The summed E-state index contributed by atoms with van der Waals surface area (Å²) in [7, 11) is 0. The minimum atomic E-state index is 0.371. The van der Waals surface area contributed by atoms with E-state index in [-0.39, 0.29) is 0 Å². The highest BCUT2D eigenvalue weighted by Gasteiger charge is 2.21. The first-order valence-electron chi connectivity index (χ1n) is 5.61. The smallest absolute Gasteiger partial charge is 0.153 e. The van der Waals surface area contributed by atoms with Gasteiger partial charge in [-0.25, -0.2) is 0 Å². The van der Waals surface area contributed by atoms with Gasteiger partial charge in [-0.05, 0) is 39.5 Å². The Balaban J connectivity index is 2.31. The molecular weight excluding hydrogens is 381 g/mol. The maximum Gasteiger partial charge on any atom is 0.153 e. The summed E-state index contributed by atoms with van der Waals surface area (Å²) in [4.78, 5) is 1.00. The van der Waals surface area contributed by atoms with Gasteiger partial charge in [-0.15, -0.1) is 11.3 Å². The fraction of sp³-hybridized carbons (Fsp3) is 0. The molecule has 0 radical (unpaired) electrons. The lowest BCUT2D eigenvalue weighted by Gasteiger charge is -2.08. The Labute approximate surface area is 137 Å². The fourth-order valence-electron chi connectivity index (χ4n) is 1.98. The van der Waals surface area contributed by atoms with Gasteiger partial charge in [0, 0.05) is 10.0 Å². The largest absolute Gasteiger partial charge is 0.382 e. The highest BCUT2D eigenvalue weighted by molar-refractivity contribution is 9.10. The summed E-state index contributed by atoms with van der Waals surface area (Å²) in [6.07, 6.45) is 0. The predicted octanol–water partition coefficient (Wildman–Crippen LogP) is 5.46. The molecule has 0 aliphatic heterocycles. The molecule has 7 heteroatoms. The molecule has 3 N–H and O–H groups in total. The van der Waals surface area contributed by atoms with Crippen LogP contribution in [-0.2, 0) is 0 Å². The number of H-pyrrole nitrogens is 1. The number of benzene rings is 1. The first kappa shape index (κ1) is 13.9. The summed E-state index contributed by atoms with van der Waals surface area (Å²) < 4.78 is 0.968. The fourth-order valence-corrected chi connectivity index (χ4v) is 4.14. The molecule has 0 aliphatic carbocycles. The van der Waals surface area contributed by atoms with E-state index in [9.17, 15) is 0 Å². The highest BCUT2D eigenvalue weighted by atomic mass is 79.9. The molecule has 0 fully saturated rings. The molecule has 20 heavy (non-hydrogen) atoms. The number of hydrogen-bond donors (Lipinski definition) is 2. The number of halogens is 3. The number of aromatic amines is 1. The molecule has 2 aromatic heterocycles. The average Bonchev–Trinajstić information content (AvgIpc) is 2.97. The molecule has 0 aliphatic rings. The van der Waals surface area contributed by atoms with Crippen molar-refractivity contribution in [3.05, 3.63) is 44.2 Å². The number of nitrogen functional groups attached to an aromatic ring is 1. The standard InChI is InChI=1S/C13H8BrCl2N3S/c14-6-4-5-20-12(6)11-10(13(17)19-18-11)9-7(15)2-1-3-8(9)16/h1-5H,(H3,17,18,19). The van der Waals surface area contributed by atoms with Gasteiger partial charge in [-0.1, -0.05) is 29.3 Å². The zero-order valence-corrected chi connectivity index (χ0v) is 13.9. The van der Waals surface area contributed by atoms with Crippen LogP contribution in [0.3, 0.4) is 0 Å². The summed E-state index contributed by atoms with van der Waals surface area (Å²) in [5, 5.41) is 10.1. The van der Waals surface area contributed by atoms with E-state index in [1.807, 2.05) is 11.4 Å². The quantitative estimate of drug-likeness (QED) is 0.612. The molecule has 0 saturated heterocycles. The van der Waals surface area contributed by atoms with E-state index in [1.54, 1.807) is 29.5 Å². The molecular formula is C13H8BrCl2N3S. The van der Waals surface area contributed by atoms with Gasteiger partial charge in [-0.3, -0.25) is 5.10 Å². The minimum Gasteiger partial charge on any atom is -0.382 e. The first-order valence-corrected chi connectivity index (χ1v) is 8.04. The van der Waals surface area contributed by atoms with Crippen LogP contribution >= 0.6 is 50.5 Å². The number of thiophene rings is 1. The van der Waals surface area contributed by atoms with Crippen molar-refractivity contribution < 1.29 is 0 Å². The molecule has 2 heterocycles. The average molecular weight is 389 g/mol. The Bertz CT molecular complexity index is 762. The maximum atomic E-state index is 6.28. The van der Waals surface area contributed by atoms with Gasteiger partial charge in [-0.2, -0.15) is 5.10 Å². The molecule has 3 aromatic rings. The van der Waals surface area contributed by atoms with E-state index in [0.29, 0.717) is 21.4 Å². The second-order valence-electron chi connectivity index (χ2n) is 4.05. The summed E-state index contributed by atoms with van der Waals surface area (Å²) in [6, 6.07) is 7.32. The second-order valence-corrected chi connectivity index (χ2v) is 6.64. The Hall–Kier alpha value is -1.01. The first-order chi connectivity index (χ1) is 9.59. The number of rotatable bonds is 2. The van der Waals surface area contributed by atoms with E-state index >= 15 is 0 Å².